The summed E-state index contributed by atoms with van der Waals surface area (Å²) in [4.78, 5) is 25.8. The molecule has 0 radical (unpaired) electrons. The Hall–Kier alpha value is -1.00. The quantitative estimate of drug-likeness (QED) is 0.847. The Morgan fingerprint density at radius 2 is 1.92 bits per heavy atom. The molecular formula is C21H34O4. The molecule has 0 aromatic rings. The number of aliphatic hydroxyl groups is 1. The molecule has 2 aliphatic rings. The molecule has 0 spiro atoms. The lowest BCUT2D eigenvalue weighted by Gasteiger charge is -2.34. The normalized spacial score (nSPS) is 41.5. The predicted molar refractivity (Wildman–Crippen MR) is 98.1 cm³/mol. The number of Topliss-reactive ketones (excluding diaryl/α,β-unsaturated/α-hetero) is 1. The van der Waals surface area contributed by atoms with E-state index in [1.807, 2.05) is 13.0 Å². The number of ether oxygens (including phenoxy) is 1. The third-order valence-electron chi connectivity index (χ3n) is 6.42. The average molecular weight is 350 g/mol. The van der Waals surface area contributed by atoms with Crippen LogP contribution in [0.5, 0.6) is 0 Å². The zero-order valence-electron chi connectivity index (χ0n) is 16.3. The Labute approximate surface area is 152 Å². The summed E-state index contributed by atoms with van der Waals surface area (Å²) in [6.45, 7) is 8.33. The molecule has 2 aliphatic carbocycles. The van der Waals surface area contributed by atoms with Gasteiger partial charge in [0.05, 0.1) is 18.1 Å². The molecule has 1 fully saturated rings. The van der Waals surface area contributed by atoms with Crippen molar-refractivity contribution in [1.82, 2.24) is 0 Å². The van der Waals surface area contributed by atoms with Crippen LogP contribution >= 0.6 is 0 Å². The van der Waals surface area contributed by atoms with Crippen LogP contribution in [-0.4, -0.2) is 36.0 Å². The molecule has 0 saturated heterocycles. The van der Waals surface area contributed by atoms with Gasteiger partial charge in [0.1, 0.15) is 5.78 Å². The van der Waals surface area contributed by atoms with Crippen LogP contribution in [0.2, 0.25) is 0 Å². The summed E-state index contributed by atoms with van der Waals surface area (Å²) in [7, 11) is 1.57. The molecule has 4 heteroatoms. The van der Waals surface area contributed by atoms with Gasteiger partial charge in [-0.3, -0.25) is 9.59 Å². The molecule has 142 valence electrons. The number of rotatable bonds is 3. The maximum absolute atomic E-state index is 13.2. The maximum atomic E-state index is 13.2. The molecule has 0 aromatic carbocycles. The highest BCUT2D eigenvalue weighted by Gasteiger charge is 2.52. The van der Waals surface area contributed by atoms with Crippen LogP contribution in [-0.2, 0) is 14.3 Å². The molecule has 0 heterocycles. The van der Waals surface area contributed by atoms with E-state index in [4.69, 9.17) is 4.74 Å². The summed E-state index contributed by atoms with van der Waals surface area (Å²) < 4.78 is 5.24. The van der Waals surface area contributed by atoms with E-state index < -0.39 is 11.5 Å². The first-order chi connectivity index (χ1) is 11.7. The van der Waals surface area contributed by atoms with Gasteiger partial charge in [0.2, 0.25) is 0 Å². The fourth-order valence-electron chi connectivity index (χ4n) is 4.79. The van der Waals surface area contributed by atoms with Crippen LogP contribution in [0.15, 0.2) is 12.2 Å². The highest BCUT2D eigenvalue weighted by Crippen LogP contribution is 2.47. The number of hydrogen-bond acceptors (Lipinski definition) is 4. The minimum atomic E-state index is -1.08. The lowest BCUT2D eigenvalue weighted by molar-refractivity contribution is -0.141. The monoisotopic (exact) mass is 350 g/mol. The van der Waals surface area contributed by atoms with Crippen molar-refractivity contribution in [3.8, 4) is 0 Å². The maximum Gasteiger partial charge on any atom is 0.158 e. The summed E-state index contributed by atoms with van der Waals surface area (Å²) in [6.07, 6.45) is 6.47. The van der Waals surface area contributed by atoms with E-state index in [2.05, 4.69) is 20.8 Å². The molecule has 1 saturated carbocycles. The van der Waals surface area contributed by atoms with Crippen LogP contribution in [0.4, 0.5) is 0 Å². The second-order valence-corrected chi connectivity index (χ2v) is 8.57. The van der Waals surface area contributed by atoms with Crippen LogP contribution in [0, 0.1) is 35.5 Å². The second-order valence-electron chi connectivity index (χ2n) is 8.57. The van der Waals surface area contributed by atoms with Crippen LogP contribution in [0.3, 0.4) is 0 Å². The summed E-state index contributed by atoms with van der Waals surface area (Å²) in [5.74, 6) is 0.136. The number of fused-ring (bicyclic) bond motifs is 1. The number of carbonyl (C=O) groups is 2. The van der Waals surface area contributed by atoms with Crippen molar-refractivity contribution >= 4 is 11.6 Å². The van der Waals surface area contributed by atoms with Crippen molar-refractivity contribution in [3.63, 3.8) is 0 Å². The van der Waals surface area contributed by atoms with Gasteiger partial charge in [0, 0.05) is 18.9 Å². The molecule has 25 heavy (non-hydrogen) atoms. The minimum Gasteiger partial charge on any atom is -0.387 e. The standard InChI is InChI=1S/C21H34O4/c1-13(2)16-8-6-15(4)20(23)19-17(14(3)7-9-18(16)22)10-11-21(19,24)12-25-5/h7,9,13-17,19,24H,6,8,10-12H2,1-5H3/b9-7-/t14-,15?,16-,17-,19+,21-/m0/s1. The average Bonchev–Trinajstić information content (AvgIpc) is 2.88. The van der Waals surface area contributed by atoms with Crippen LogP contribution in [0.25, 0.3) is 0 Å². The van der Waals surface area contributed by atoms with Crippen molar-refractivity contribution in [2.75, 3.05) is 13.7 Å². The molecule has 0 aromatic heterocycles. The van der Waals surface area contributed by atoms with Gasteiger partial charge in [-0.25, -0.2) is 0 Å². The SMILES string of the molecule is COC[C@@]1(O)CC[C@H]2[C@@H](C)/C=C\C(=O)[C@H](C(C)C)CCC(C)C(=O)[C@@H]21. The first-order valence-corrected chi connectivity index (χ1v) is 9.68. The van der Waals surface area contributed by atoms with E-state index in [9.17, 15) is 14.7 Å². The molecule has 0 aliphatic heterocycles. The van der Waals surface area contributed by atoms with E-state index >= 15 is 0 Å². The number of carbonyl (C=O) groups excluding carboxylic acids is 2. The largest absolute Gasteiger partial charge is 0.387 e. The third-order valence-corrected chi connectivity index (χ3v) is 6.42. The summed E-state index contributed by atoms with van der Waals surface area (Å²) in [5.41, 5.74) is -1.08. The Kier molecular flexibility index (Phi) is 6.61. The van der Waals surface area contributed by atoms with Gasteiger partial charge in [-0.15, -0.1) is 0 Å². The Bertz CT molecular complexity index is 524. The Morgan fingerprint density at radius 3 is 2.52 bits per heavy atom. The Balaban J connectivity index is 2.37. The van der Waals surface area contributed by atoms with E-state index in [0.717, 1.165) is 12.8 Å². The van der Waals surface area contributed by atoms with E-state index in [0.29, 0.717) is 12.8 Å². The highest BCUT2D eigenvalue weighted by molar-refractivity contribution is 5.92. The number of hydrogen-bond donors (Lipinski definition) is 1. The first-order valence-electron chi connectivity index (χ1n) is 9.68. The summed E-state index contributed by atoms with van der Waals surface area (Å²) in [5, 5.41) is 11.1. The zero-order valence-corrected chi connectivity index (χ0v) is 16.3. The fraction of sp³-hybridized carbons (Fsp3) is 0.810. The van der Waals surface area contributed by atoms with Gasteiger partial charge in [-0.05, 0) is 49.5 Å². The second kappa shape index (κ2) is 8.13. The van der Waals surface area contributed by atoms with Crippen LogP contribution in [0.1, 0.15) is 53.4 Å². The van der Waals surface area contributed by atoms with Crippen molar-refractivity contribution < 1.29 is 19.4 Å². The summed E-state index contributed by atoms with van der Waals surface area (Å²) in [6, 6.07) is 0. The van der Waals surface area contributed by atoms with Gasteiger partial charge < -0.3 is 9.84 Å². The van der Waals surface area contributed by atoms with Gasteiger partial charge >= 0.3 is 0 Å². The lowest BCUT2D eigenvalue weighted by Crippen LogP contribution is -2.46. The first kappa shape index (κ1) is 20.3. The topological polar surface area (TPSA) is 63.6 Å². The number of methoxy groups -OCH3 is 1. The molecule has 2 rings (SSSR count). The van der Waals surface area contributed by atoms with Crippen molar-refractivity contribution in [2.45, 2.75) is 59.0 Å². The fourth-order valence-corrected chi connectivity index (χ4v) is 4.79. The van der Waals surface area contributed by atoms with E-state index in [1.165, 1.54) is 0 Å². The van der Waals surface area contributed by atoms with Gasteiger partial charge in [-0.1, -0.05) is 33.8 Å². The van der Waals surface area contributed by atoms with Crippen LogP contribution < -0.4 is 0 Å². The molecule has 1 N–H and O–H groups in total. The number of allylic oxidation sites excluding steroid dienone is 2. The van der Waals surface area contributed by atoms with Crippen molar-refractivity contribution in [1.29, 1.82) is 0 Å². The predicted octanol–water partition coefficient (Wildman–Crippen LogP) is 3.42. The third kappa shape index (κ3) is 4.22. The molecule has 0 amide bonds. The minimum absolute atomic E-state index is 0.0329. The molecular weight excluding hydrogens is 316 g/mol. The molecule has 1 unspecified atom stereocenters. The zero-order chi connectivity index (χ0) is 18.8. The van der Waals surface area contributed by atoms with Crippen molar-refractivity contribution in [2.24, 2.45) is 35.5 Å². The number of ketones is 2. The Morgan fingerprint density at radius 1 is 1.24 bits per heavy atom. The molecule has 0 bridgehead atoms. The summed E-state index contributed by atoms with van der Waals surface area (Å²) >= 11 is 0. The van der Waals surface area contributed by atoms with Gasteiger partial charge in [0.25, 0.3) is 0 Å². The highest BCUT2D eigenvalue weighted by atomic mass is 16.5. The smallest absolute Gasteiger partial charge is 0.158 e. The van der Waals surface area contributed by atoms with Gasteiger partial charge in [-0.2, -0.15) is 0 Å². The van der Waals surface area contributed by atoms with Crippen molar-refractivity contribution in [3.05, 3.63) is 12.2 Å². The molecule has 6 atom stereocenters. The molecule has 4 nitrogen and oxygen atoms in total. The lowest BCUT2D eigenvalue weighted by atomic mass is 9.73. The van der Waals surface area contributed by atoms with E-state index in [-0.39, 0.29) is 47.8 Å². The van der Waals surface area contributed by atoms with Gasteiger partial charge in [0.15, 0.2) is 5.78 Å². The van der Waals surface area contributed by atoms with E-state index in [1.54, 1.807) is 13.2 Å².